The van der Waals surface area contributed by atoms with Crippen LogP contribution in [0.25, 0.3) is 0 Å². The van der Waals surface area contributed by atoms with Gasteiger partial charge in [0.2, 0.25) is 0 Å². The number of hydrogen-bond acceptors (Lipinski definition) is 4. The summed E-state index contributed by atoms with van der Waals surface area (Å²) < 4.78 is 21.8. The van der Waals surface area contributed by atoms with Crippen LogP contribution in [0.5, 0.6) is 0 Å². The van der Waals surface area contributed by atoms with E-state index in [1.807, 2.05) is 20.8 Å². The zero-order valence-corrected chi connectivity index (χ0v) is 13.6. The van der Waals surface area contributed by atoms with Crippen molar-refractivity contribution in [3.05, 3.63) is 0 Å². The zero-order valence-electron chi connectivity index (χ0n) is 13.6. The minimum atomic E-state index is -0.0930. The van der Waals surface area contributed by atoms with Crippen molar-refractivity contribution in [2.45, 2.75) is 47.1 Å². The van der Waals surface area contributed by atoms with Crippen molar-refractivity contribution >= 4 is 0 Å². The van der Waals surface area contributed by atoms with Gasteiger partial charge in [0.1, 0.15) is 0 Å². The lowest BCUT2D eigenvalue weighted by Crippen LogP contribution is -2.22. The lowest BCUT2D eigenvalue weighted by atomic mass is 9.99. The van der Waals surface area contributed by atoms with Crippen LogP contribution in [0, 0.1) is 5.41 Å². The van der Waals surface area contributed by atoms with Crippen molar-refractivity contribution < 1.29 is 18.9 Å². The topological polar surface area (TPSA) is 36.9 Å². The van der Waals surface area contributed by atoms with Crippen LogP contribution >= 0.6 is 0 Å². The van der Waals surface area contributed by atoms with Crippen LogP contribution in [0.4, 0.5) is 0 Å². The molecule has 4 nitrogen and oxygen atoms in total. The van der Waals surface area contributed by atoms with E-state index in [1.54, 1.807) is 0 Å². The molecule has 116 valence electrons. The van der Waals surface area contributed by atoms with Gasteiger partial charge in [-0.25, -0.2) is 0 Å². The largest absolute Gasteiger partial charge is 0.379 e. The first kappa shape index (κ1) is 18.8. The summed E-state index contributed by atoms with van der Waals surface area (Å²) in [4.78, 5) is 0. The maximum absolute atomic E-state index is 5.54. The smallest absolute Gasteiger partial charge is 0.0707 e. The molecule has 0 aliphatic rings. The van der Waals surface area contributed by atoms with Crippen LogP contribution in [0.2, 0.25) is 0 Å². The quantitative estimate of drug-likeness (QED) is 0.575. The second kappa shape index (κ2) is 9.70. The molecular formula is C15H32O4. The van der Waals surface area contributed by atoms with Crippen LogP contribution in [0.3, 0.4) is 0 Å². The zero-order chi connectivity index (χ0) is 14.8. The fourth-order valence-corrected chi connectivity index (χ4v) is 1.22. The molecule has 0 saturated carbocycles. The standard InChI is InChI=1S/C15H32O4/c1-14(2,3)13-18-10-9-16-7-8-17-11-12-19-15(4,5)6/h7-13H2,1-6H3. The first-order valence-corrected chi connectivity index (χ1v) is 7.08. The maximum atomic E-state index is 5.54. The summed E-state index contributed by atoms with van der Waals surface area (Å²) in [6.45, 7) is 17.0. The van der Waals surface area contributed by atoms with E-state index in [4.69, 9.17) is 18.9 Å². The van der Waals surface area contributed by atoms with E-state index in [0.29, 0.717) is 39.6 Å². The minimum absolute atomic E-state index is 0.0930. The molecule has 0 bridgehead atoms. The summed E-state index contributed by atoms with van der Waals surface area (Å²) in [7, 11) is 0. The Morgan fingerprint density at radius 3 is 1.42 bits per heavy atom. The van der Waals surface area contributed by atoms with E-state index in [1.165, 1.54) is 0 Å². The first-order valence-electron chi connectivity index (χ1n) is 7.08. The molecule has 0 fully saturated rings. The van der Waals surface area contributed by atoms with Gasteiger partial charge in [0.25, 0.3) is 0 Å². The van der Waals surface area contributed by atoms with Crippen LogP contribution in [-0.2, 0) is 18.9 Å². The summed E-state index contributed by atoms with van der Waals surface area (Å²) in [6.07, 6.45) is 0. The lowest BCUT2D eigenvalue weighted by molar-refractivity contribution is -0.0462. The highest BCUT2D eigenvalue weighted by atomic mass is 16.6. The van der Waals surface area contributed by atoms with Gasteiger partial charge in [-0.1, -0.05) is 20.8 Å². The molecule has 0 rings (SSSR count). The normalized spacial score (nSPS) is 12.9. The monoisotopic (exact) mass is 276 g/mol. The Morgan fingerprint density at radius 1 is 0.579 bits per heavy atom. The van der Waals surface area contributed by atoms with Crippen LogP contribution in [0.15, 0.2) is 0 Å². The molecule has 19 heavy (non-hydrogen) atoms. The van der Waals surface area contributed by atoms with Gasteiger partial charge >= 0.3 is 0 Å². The van der Waals surface area contributed by atoms with Crippen LogP contribution in [0.1, 0.15) is 41.5 Å². The molecule has 0 saturated heterocycles. The van der Waals surface area contributed by atoms with E-state index in [2.05, 4.69) is 20.8 Å². The number of rotatable bonds is 10. The second-order valence-corrected chi connectivity index (χ2v) is 6.80. The first-order chi connectivity index (χ1) is 8.71. The molecule has 0 atom stereocenters. The Kier molecular flexibility index (Phi) is 9.62. The fraction of sp³-hybridized carbons (Fsp3) is 1.00. The summed E-state index contributed by atoms with van der Waals surface area (Å²) in [6, 6.07) is 0. The molecule has 0 aromatic rings. The van der Waals surface area contributed by atoms with Crippen LogP contribution < -0.4 is 0 Å². The van der Waals surface area contributed by atoms with Gasteiger partial charge in [-0.15, -0.1) is 0 Å². The third-order valence-electron chi connectivity index (χ3n) is 2.04. The van der Waals surface area contributed by atoms with Gasteiger partial charge in [0.15, 0.2) is 0 Å². The minimum Gasteiger partial charge on any atom is -0.379 e. The number of ether oxygens (including phenoxy) is 4. The molecular weight excluding hydrogens is 244 g/mol. The number of hydrogen-bond donors (Lipinski definition) is 0. The summed E-state index contributed by atoms with van der Waals surface area (Å²) in [5, 5.41) is 0. The van der Waals surface area contributed by atoms with E-state index in [0.717, 1.165) is 6.61 Å². The van der Waals surface area contributed by atoms with Gasteiger partial charge in [-0.05, 0) is 26.2 Å². The highest BCUT2D eigenvalue weighted by Crippen LogP contribution is 2.12. The third-order valence-corrected chi connectivity index (χ3v) is 2.04. The predicted octanol–water partition coefficient (Wildman–Crippen LogP) is 2.90. The SMILES string of the molecule is CC(C)(C)COCCOCCOCCOC(C)(C)C. The van der Waals surface area contributed by atoms with Gasteiger partial charge in [0, 0.05) is 0 Å². The van der Waals surface area contributed by atoms with E-state index in [-0.39, 0.29) is 11.0 Å². The van der Waals surface area contributed by atoms with E-state index < -0.39 is 0 Å². The highest BCUT2D eigenvalue weighted by molar-refractivity contribution is 4.58. The summed E-state index contributed by atoms with van der Waals surface area (Å²) in [5.41, 5.74) is 0.125. The van der Waals surface area contributed by atoms with Gasteiger partial charge in [0.05, 0.1) is 51.8 Å². The Hall–Kier alpha value is -0.160. The molecule has 0 aliphatic heterocycles. The van der Waals surface area contributed by atoms with Gasteiger partial charge < -0.3 is 18.9 Å². The molecule has 0 amide bonds. The van der Waals surface area contributed by atoms with Crippen molar-refractivity contribution in [2.24, 2.45) is 5.41 Å². The second-order valence-electron chi connectivity index (χ2n) is 6.80. The molecule has 0 unspecified atom stereocenters. The van der Waals surface area contributed by atoms with Crippen molar-refractivity contribution in [3.63, 3.8) is 0 Å². The lowest BCUT2D eigenvalue weighted by Gasteiger charge is -2.19. The molecule has 0 aliphatic carbocycles. The molecule has 0 aromatic carbocycles. The highest BCUT2D eigenvalue weighted by Gasteiger charge is 2.09. The molecule has 4 heteroatoms. The Bertz CT molecular complexity index is 181. The van der Waals surface area contributed by atoms with E-state index in [9.17, 15) is 0 Å². The maximum Gasteiger partial charge on any atom is 0.0707 e. The van der Waals surface area contributed by atoms with Crippen molar-refractivity contribution in [1.82, 2.24) is 0 Å². The Labute approximate surface area is 118 Å². The predicted molar refractivity (Wildman–Crippen MR) is 77.6 cm³/mol. The van der Waals surface area contributed by atoms with Crippen molar-refractivity contribution in [2.75, 3.05) is 46.2 Å². The summed E-state index contributed by atoms with van der Waals surface area (Å²) >= 11 is 0. The molecule has 0 spiro atoms. The fourth-order valence-electron chi connectivity index (χ4n) is 1.22. The molecule has 0 heterocycles. The van der Waals surface area contributed by atoms with Crippen molar-refractivity contribution in [1.29, 1.82) is 0 Å². The average molecular weight is 276 g/mol. The van der Waals surface area contributed by atoms with Crippen LogP contribution in [-0.4, -0.2) is 51.8 Å². The third kappa shape index (κ3) is 17.8. The average Bonchev–Trinajstić information content (AvgIpc) is 2.22. The Balaban J connectivity index is 3.12. The van der Waals surface area contributed by atoms with Gasteiger partial charge in [-0.2, -0.15) is 0 Å². The molecule has 0 aromatic heterocycles. The van der Waals surface area contributed by atoms with Gasteiger partial charge in [-0.3, -0.25) is 0 Å². The Morgan fingerprint density at radius 2 is 1.00 bits per heavy atom. The molecule has 0 radical (unpaired) electrons. The van der Waals surface area contributed by atoms with Crippen molar-refractivity contribution in [3.8, 4) is 0 Å². The molecule has 0 N–H and O–H groups in total. The summed E-state index contributed by atoms with van der Waals surface area (Å²) in [5.74, 6) is 0. The van der Waals surface area contributed by atoms with E-state index >= 15 is 0 Å².